The first-order chi connectivity index (χ1) is 18.8. The summed E-state index contributed by atoms with van der Waals surface area (Å²) in [4.78, 5) is 39.9. The van der Waals surface area contributed by atoms with Crippen LogP contribution in [0, 0.1) is 5.92 Å². The third kappa shape index (κ3) is 5.29. The highest BCUT2D eigenvalue weighted by atomic mass is 16.5. The number of methoxy groups -OCH3 is 3. The van der Waals surface area contributed by atoms with Gasteiger partial charge in [-0.1, -0.05) is 12.1 Å². The topological polar surface area (TPSA) is 120 Å². The number of ether oxygens (including phenoxy) is 3. The van der Waals surface area contributed by atoms with Crippen molar-refractivity contribution in [2.45, 2.75) is 37.8 Å². The van der Waals surface area contributed by atoms with Gasteiger partial charge in [-0.2, -0.15) is 0 Å². The second kappa shape index (κ2) is 11.0. The molecule has 1 fully saturated rings. The molecule has 3 aromatic rings. The van der Waals surface area contributed by atoms with Crippen molar-refractivity contribution in [3.05, 3.63) is 85.8 Å². The minimum absolute atomic E-state index is 0.0235. The third-order valence-corrected chi connectivity index (χ3v) is 7.67. The van der Waals surface area contributed by atoms with Gasteiger partial charge < -0.3 is 28.3 Å². The van der Waals surface area contributed by atoms with Crippen LogP contribution in [0.25, 0.3) is 0 Å². The Morgan fingerprint density at radius 2 is 1.90 bits per heavy atom. The molecule has 3 atom stereocenters. The number of nitrogens with zero attached hydrogens (tertiary/aromatic N) is 2. The maximum atomic E-state index is 12.9. The maximum Gasteiger partial charge on any atom is 0.306 e. The fraction of sp³-hybridized carbons (Fsp3) is 0.414. The summed E-state index contributed by atoms with van der Waals surface area (Å²) in [5, 5.41) is 10.8. The molecule has 2 aromatic heterocycles. The molecule has 1 aromatic carbocycles. The molecule has 0 spiro atoms. The molecule has 0 aliphatic carbocycles. The van der Waals surface area contributed by atoms with E-state index in [-0.39, 0.29) is 23.7 Å². The quantitative estimate of drug-likeness (QED) is 0.433. The van der Waals surface area contributed by atoms with Crippen molar-refractivity contribution in [1.29, 1.82) is 0 Å². The molecule has 5 rings (SSSR count). The molecule has 10 nitrogen and oxygen atoms in total. The Labute approximate surface area is 225 Å². The fourth-order valence-corrected chi connectivity index (χ4v) is 5.91. The molecule has 10 heteroatoms. The van der Waals surface area contributed by atoms with Gasteiger partial charge in [-0.05, 0) is 24.5 Å². The van der Waals surface area contributed by atoms with E-state index in [9.17, 15) is 19.5 Å². The lowest BCUT2D eigenvalue weighted by Gasteiger charge is -2.42. The summed E-state index contributed by atoms with van der Waals surface area (Å²) in [7, 11) is 4.29. The number of fused-ring (bicyclic) bond motifs is 4. The number of piperidine rings is 1. The highest BCUT2D eigenvalue weighted by Gasteiger charge is 2.35. The second-order valence-corrected chi connectivity index (χ2v) is 10.1. The molecule has 206 valence electrons. The molecule has 1 N–H and O–H groups in total. The van der Waals surface area contributed by atoms with Crippen molar-refractivity contribution in [1.82, 2.24) is 9.47 Å². The van der Waals surface area contributed by atoms with Crippen LogP contribution >= 0.6 is 0 Å². The van der Waals surface area contributed by atoms with E-state index in [1.807, 2.05) is 10.6 Å². The zero-order valence-electron chi connectivity index (χ0n) is 22.2. The molecule has 0 amide bonds. The van der Waals surface area contributed by atoms with Gasteiger partial charge in [0.25, 0.3) is 5.56 Å². The molecule has 1 saturated heterocycles. The van der Waals surface area contributed by atoms with Crippen molar-refractivity contribution < 1.29 is 28.5 Å². The van der Waals surface area contributed by atoms with Gasteiger partial charge in [-0.3, -0.25) is 19.3 Å². The Balaban J connectivity index is 1.48. The highest BCUT2D eigenvalue weighted by molar-refractivity contribution is 5.71. The van der Waals surface area contributed by atoms with Crippen LogP contribution in [-0.2, 0) is 22.6 Å². The van der Waals surface area contributed by atoms with E-state index >= 15 is 0 Å². The van der Waals surface area contributed by atoms with Crippen LogP contribution in [0.5, 0.6) is 17.2 Å². The van der Waals surface area contributed by atoms with Crippen LogP contribution in [0.3, 0.4) is 0 Å². The molecular formula is C29H32N2O8. The number of carbonyl (C=O) groups is 1. The van der Waals surface area contributed by atoms with Gasteiger partial charge >= 0.3 is 5.97 Å². The lowest BCUT2D eigenvalue weighted by molar-refractivity contribution is -0.140. The largest absolute Gasteiger partial charge is 0.502 e. The molecule has 2 bridgehead atoms. The Morgan fingerprint density at radius 3 is 2.64 bits per heavy atom. The van der Waals surface area contributed by atoms with Crippen molar-refractivity contribution in [3.63, 3.8) is 0 Å². The minimum atomic E-state index is -0.842. The minimum Gasteiger partial charge on any atom is -0.502 e. The van der Waals surface area contributed by atoms with Crippen LogP contribution < -0.4 is 20.5 Å². The summed E-state index contributed by atoms with van der Waals surface area (Å²) >= 11 is 0. The zero-order valence-corrected chi connectivity index (χ0v) is 22.2. The number of esters is 1. The van der Waals surface area contributed by atoms with Gasteiger partial charge in [0.15, 0.2) is 5.76 Å². The van der Waals surface area contributed by atoms with E-state index in [0.29, 0.717) is 48.4 Å². The van der Waals surface area contributed by atoms with Gasteiger partial charge in [-0.15, -0.1) is 0 Å². The average molecular weight is 537 g/mol. The van der Waals surface area contributed by atoms with Crippen LogP contribution in [0.15, 0.2) is 56.5 Å². The van der Waals surface area contributed by atoms with E-state index in [1.165, 1.54) is 27.4 Å². The fourth-order valence-electron chi connectivity index (χ4n) is 5.91. The summed E-state index contributed by atoms with van der Waals surface area (Å²) in [6.07, 6.45) is 0.821. The molecule has 2 aliphatic heterocycles. The lowest BCUT2D eigenvalue weighted by atomic mass is 9.83. The molecule has 39 heavy (non-hydrogen) atoms. The molecule has 0 unspecified atom stereocenters. The van der Waals surface area contributed by atoms with E-state index < -0.39 is 23.1 Å². The normalized spacial score (nSPS) is 19.2. The highest BCUT2D eigenvalue weighted by Crippen LogP contribution is 2.40. The number of aromatic nitrogens is 1. The predicted octanol–water partition coefficient (Wildman–Crippen LogP) is 2.84. The maximum absolute atomic E-state index is 12.9. The van der Waals surface area contributed by atoms with Gasteiger partial charge in [0.2, 0.25) is 11.2 Å². The monoisotopic (exact) mass is 536 g/mol. The standard InChI is InChI=1S/C29H32N2O8/c1-36-19-7-8-21(25(11-19)37-2)22(12-27(34)38-3)29-28(35)24(32)10-20(39-29)16-30-13-17-9-18(15-30)23-5-4-6-26(33)31(23)14-17/h4-8,10-11,17-18,22,35H,9,12-16H2,1-3H3/t17-,18+,22+/m0/s1. The second-order valence-electron chi connectivity index (χ2n) is 10.1. The smallest absolute Gasteiger partial charge is 0.306 e. The van der Waals surface area contributed by atoms with E-state index in [1.54, 1.807) is 30.3 Å². The first kappa shape index (κ1) is 26.6. The van der Waals surface area contributed by atoms with Gasteiger partial charge in [0, 0.05) is 55.0 Å². The molecule has 2 aliphatic rings. The molecule has 0 radical (unpaired) electrons. The number of aromatic hydroxyl groups is 1. The summed E-state index contributed by atoms with van der Waals surface area (Å²) in [6, 6.07) is 11.8. The average Bonchev–Trinajstić information content (AvgIpc) is 2.93. The summed E-state index contributed by atoms with van der Waals surface area (Å²) in [5.74, 6) is -0.135. The van der Waals surface area contributed by atoms with Gasteiger partial charge in [0.05, 0.1) is 40.2 Å². The zero-order chi connectivity index (χ0) is 27.7. The van der Waals surface area contributed by atoms with Crippen molar-refractivity contribution in [2.24, 2.45) is 5.92 Å². The van der Waals surface area contributed by atoms with Crippen LogP contribution in [0.4, 0.5) is 0 Å². The van der Waals surface area contributed by atoms with Crippen LogP contribution in [0.2, 0.25) is 0 Å². The molecule has 0 saturated carbocycles. The van der Waals surface area contributed by atoms with Gasteiger partial charge in [0.1, 0.15) is 17.3 Å². The summed E-state index contributed by atoms with van der Waals surface area (Å²) in [6.45, 7) is 2.45. The van der Waals surface area contributed by atoms with Crippen molar-refractivity contribution in [3.8, 4) is 17.2 Å². The van der Waals surface area contributed by atoms with Crippen LogP contribution in [0.1, 0.15) is 47.5 Å². The Bertz CT molecular complexity index is 1490. The lowest BCUT2D eigenvalue weighted by Crippen LogP contribution is -2.46. The van der Waals surface area contributed by atoms with Crippen molar-refractivity contribution in [2.75, 3.05) is 34.4 Å². The van der Waals surface area contributed by atoms with E-state index in [4.69, 9.17) is 18.6 Å². The predicted molar refractivity (Wildman–Crippen MR) is 141 cm³/mol. The molecular weight excluding hydrogens is 504 g/mol. The Kier molecular flexibility index (Phi) is 7.47. The number of pyridine rings is 1. The number of hydrogen-bond donors (Lipinski definition) is 1. The number of carbonyl (C=O) groups excluding carboxylic acids is 1. The van der Waals surface area contributed by atoms with Crippen LogP contribution in [-0.4, -0.2) is 55.0 Å². The molecule has 4 heterocycles. The first-order valence-corrected chi connectivity index (χ1v) is 12.9. The Morgan fingerprint density at radius 1 is 1.08 bits per heavy atom. The van der Waals surface area contributed by atoms with E-state index in [2.05, 4.69) is 4.90 Å². The SMILES string of the molecule is COC(=O)C[C@H](c1ccc(OC)cc1OC)c1oc(CN2C[C@@H]3C[C@H](C2)c2cccc(=O)n2C3)cc(=O)c1O. The summed E-state index contributed by atoms with van der Waals surface area (Å²) in [5.41, 5.74) is 0.994. The first-order valence-electron chi connectivity index (χ1n) is 12.9. The van der Waals surface area contributed by atoms with E-state index in [0.717, 1.165) is 18.7 Å². The number of rotatable bonds is 8. The Hall–Kier alpha value is -4.05. The van der Waals surface area contributed by atoms with Gasteiger partial charge in [-0.25, -0.2) is 0 Å². The summed E-state index contributed by atoms with van der Waals surface area (Å²) < 4.78 is 23.8. The number of hydrogen-bond acceptors (Lipinski definition) is 9. The number of benzene rings is 1. The van der Waals surface area contributed by atoms with Crippen molar-refractivity contribution >= 4 is 5.97 Å². The number of likely N-dealkylation sites (tertiary alicyclic amines) is 1. The third-order valence-electron chi connectivity index (χ3n) is 7.67.